The quantitative estimate of drug-likeness (QED) is 0.524. The zero-order valence-corrected chi connectivity index (χ0v) is 18.2. The molecule has 2 fully saturated rings. The summed E-state index contributed by atoms with van der Waals surface area (Å²) in [5, 5.41) is 20.2. The third-order valence-electron chi connectivity index (χ3n) is 6.65. The van der Waals surface area contributed by atoms with Gasteiger partial charge in [-0.3, -0.25) is 9.89 Å². The van der Waals surface area contributed by atoms with Crippen LogP contribution in [0.5, 0.6) is 0 Å². The van der Waals surface area contributed by atoms with E-state index >= 15 is 0 Å². The molecule has 1 saturated carbocycles. The van der Waals surface area contributed by atoms with Crippen molar-refractivity contribution >= 4 is 34.6 Å². The summed E-state index contributed by atoms with van der Waals surface area (Å²) < 4.78 is 27.8. The molecular formula is C25H26F2N4O2. The van der Waals surface area contributed by atoms with Crippen molar-refractivity contribution < 1.29 is 18.7 Å². The summed E-state index contributed by atoms with van der Waals surface area (Å²) >= 11 is 0. The maximum Gasteiger partial charge on any atom is 0.231 e. The van der Waals surface area contributed by atoms with Gasteiger partial charge in [0.15, 0.2) is 0 Å². The third-order valence-corrected chi connectivity index (χ3v) is 6.65. The topological polar surface area (TPSA) is 81.2 Å². The molecule has 1 saturated heterocycles. The van der Waals surface area contributed by atoms with Gasteiger partial charge in [-0.15, -0.1) is 0 Å². The maximum atomic E-state index is 14.7. The van der Waals surface area contributed by atoms with Crippen LogP contribution >= 0.6 is 0 Å². The molecule has 1 amide bonds. The van der Waals surface area contributed by atoms with E-state index in [0.717, 1.165) is 44.3 Å². The summed E-state index contributed by atoms with van der Waals surface area (Å²) in [4.78, 5) is 15.3. The molecule has 3 N–H and O–H groups in total. The number of hydrogen-bond donors (Lipinski definition) is 3. The first-order valence-corrected chi connectivity index (χ1v) is 11.3. The highest BCUT2D eigenvalue weighted by Crippen LogP contribution is 2.47. The number of nitrogens with zero attached hydrogens (tertiary/aromatic N) is 2. The van der Waals surface area contributed by atoms with Gasteiger partial charge in [0.1, 0.15) is 11.6 Å². The lowest BCUT2D eigenvalue weighted by molar-refractivity contribution is -0.122. The minimum absolute atomic E-state index is 0.130. The van der Waals surface area contributed by atoms with Gasteiger partial charge in [-0.25, -0.2) is 8.78 Å². The van der Waals surface area contributed by atoms with Crippen LogP contribution in [0, 0.1) is 17.0 Å². The average Bonchev–Trinajstić information content (AvgIpc) is 3.49. The Balaban J connectivity index is 1.33. The number of amides is 1. The van der Waals surface area contributed by atoms with E-state index in [4.69, 9.17) is 0 Å². The van der Waals surface area contributed by atoms with Crippen molar-refractivity contribution in [2.24, 2.45) is 5.41 Å². The van der Waals surface area contributed by atoms with Gasteiger partial charge in [0, 0.05) is 31.1 Å². The summed E-state index contributed by atoms with van der Waals surface area (Å²) in [7, 11) is 0. The number of fused-ring (bicyclic) bond motifs is 1. The summed E-state index contributed by atoms with van der Waals surface area (Å²) in [6.07, 6.45) is 6.30. The van der Waals surface area contributed by atoms with Gasteiger partial charge in [0.05, 0.1) is 28.4 Å². The number of aromatic amines is 1. The number of nitrogens with one attached hydrogen (secondary N) is 2. The second kappa shape index (κ2) is 8.68. The molecule has 2 heterocycles. The van der Waals surface area contributed by atoms with Gasteiger partial charge >= 0.3 is 0 Å². The standard InChI is InChI=1S/C25H26F2N4O2/c26-17-4-1-16(2-5-17)3-6-21-19-13-23(20(27)14-22(19)30-29-21)28-24(33)25(9-10-25)15-31-11-7-18(32)8-12-31/h1-6,13-14,18,32H,7-12,15H2,(H,28,33)(H,29,30). The molecule has 5 rings (SSSR count). The number of aromatic nitrogens is 2. The summed E-state index contributed by atoms with van der Waals surface area (Å²) in [5.41, 5.74) is 1.57. The largest absolute Gasteiger partial charge is 0.393 e. The molecule has 1 aliphatic carbocycles. The first-order chi connectivity index (χ1) is 15.9. The van der Waals surface area contributed by atoms with Crippen LogP contribution in [0.2, 0.25) is 0 Å². The highest BCUT2D eigenvalue weighted by molar-refractivity contribution is 6.00. The van der Waals surface area contributed by atoms with Crippen LogP contribution in [0.3, 0.4) is 0 Å². The van der Waals surface area contributed by atoms with E-state index in [9.17, 15) is 18.7 Å². The number of halogens is 2. The Kier molecular flexibility index (Phi) is 5.72. The number of H-pyrrole nitrogens is 1. The maximum absolute atomic E-state index is 14.7. The smallest absolute Gasteiger partial charge is 0.231 e. The molecule has 1 aromatic heterocycles. The molecule has 0 spiro atoms. The molecule has 3 aromatic rings. The number of hydrogen-bond acceptors (Lipinski definition) is 4. The van der Waals surface area contributed by atoms with E-state index in [0.29, 0.717) is 23.1 Å². The van der Waals surface area contributed by atoms with Crippen molar-refractivity contribution in [3.63, 3.8) is 0 Å². The molecule has 6 nitrogen and oxygen atoms in total. The normalized spacial score (nSPS) is 18.8. The van der Waals surface area contributed by atoms with E-state index in [1.165, 1.54) is 18.2 Å². The zero-order valence-electron chi connectivity index (χ0n) is 18.2. The fraction of sp³-hybridized carbons (Fsp3) is 0.360. The molecular weight excluding hydrogens is 426 g/mol. The second-order valence-corrected chi connectivity index (χ2v) is 9.11. The van der Waals surface area contributed by atoms with E-state index in [1.54, 1.807) is 30.4 Å². The summed E-state index contributed by atoms with van der Waals surface area (Å²) in [5.74, 6) is -0.997. The number of aliphatic hydroxyl groups excluding tert-OH is 1. The molecule has 0 atom stereocenters. The molecule has 0 unspecified atom stereocenters. The van der Waals surface area contributed by atoms with Gasteiger partial charge in [0.2, 0.25) is 5.91 Å². The molecule has 0 bridgehead atoms. The number of aliphatic hydroxyl groups is 1. The number of carbonyl (C=O) groups excluding carboxylic acids is 1. The molecule has 172 valence electrons. The minimum Gasteiger partial charge on any atom is -0.393 e. The second-order valence-electron chi connectivity index (χ2n) is 9.11. The number of rotatable bonds is 6. The lowest BCUT2D eigenvalue weighted by Gasteiger charge is -2.32. The van der Waals surface area contributed by atoms with Crippen molar-refractivity contribution in [3.05, 3.63) is 59.3 Å². The fourth-order valence-corrected chi connectivity index (χ4v) is 4.40. The monoisotopic (exact) mass is 452 g/mol. The van der Waals surface area contributed by atoms with Crippen LogP contribution in [0.1, 0.15) is 36.9 Å². The van der Waals surface area contributed by atoms with E-state index < -0.39 is 11.2 Å². The van der Waals surface area contributed by atoms with Gasteiger partial charge in [-0.1, -0.05) is 18.2 Å². The SMILES string of the molecule is O=C(Nc1cc2c(C=Cc3ccc(F)cc3)n[nH]c2cc1F)C1(CN2CCC(O)CC2)CC1. The molecule has 1 aliphatic heterocycles. The van der Waals surface area contributed by atoms with Crippen molar-refractivity contribution in [3.8, 4) is 0 Å². The molecule has 8 heteroatoms. The lowest BCUT2D eigenvalue weighted by Crippen LogP contribution is -2.42. The van der Waals surface area contributed by atoms with Crippen LogP contribution in [0.4, 0.5) is 14.5 Å². The Morgan fingerprint density at radius 2 is 1.91 bits per heavy atom. The molecule has 2 aliphatic rings. The van der Waals surface area contributed by atoms with Gasteiger partial charge in [0.25, 0.3) is 0 Å². The van der Waals surface area contributed by atoms with Crippen molar-refractivity contribution in [2.75, 3.05) is 25.0 Å². The van der Waals surface area contributed by atoms with E-state index in [-0.39, 0.29) is 23.5 Å². The third kappa shape index (κ3) is 4.67. The van der Waals surface area contributed by atoms with Gasteiger partial charge < -0.3 is 15.3 Å². The van der Waals surface area contributed by atoms with Crippen molar-refractivity contribution in [1.29, 1.82) is 0 Å². The van der Waals surface area contributed by atoms with Crippen LogP contribution in [0.15, 0.2) is 36.4 Å². The number of piperidine rings is 1. The van der Waals surface area contributed by atoms with Crippen LogP contribution in [0.25, 0.3) is 23.1 Å². The Hall–Kier alpha value is -3.10. The number of likely N-dealkylation sites (tertiary alicyclic amines) is 1. The zero-order chi connectivity index (χ0) is 23.0. The first-order valence-electron chi connectivity index (χ1n) is 11.3. The predicted octanol–water partition coefficient (Wildman–Crippen LogP) is 4.19. The number of carbonyl (C=O) groups is 1. The number of benzene rings is 2. The van der Waals surface area contributed by atoms with Crippen LogP contribution < -0.4 is 5.32 Å². The minimum atomic E-state index is -0.523. The summed E-state index contributed by atoms with van der Waals surface area (Å²) in [6, 6.07) is 9.01. The Morgan fingerprint density at radius 1 is 1.18 bits per heavy atom. The van der Waals surface area contributed by atoms with Crippen LogP contribution in [-0.2, 0) is 4.79 Å². The number of anilines is 1. The van der Waals surface area contributed by atoms with Gasteiger partial charge in [-0.2, -0.15) is 5.10 Å². The highest BCUT2D eigenvalue weighted by atomic mass is 19.1. The lowest BCUT2D eigenvalue weighted by atomic mass is 10.0. The molecule has 33 heavy (non-hydrogen) atoms. The Labute approximate surface area is 190 Å². The molecule has 0 radical (unpaired) electrons. The van der Waals surface area contributed by atoms with Crippen molar-refractivity contribution in [1.82, 2.24) is 15.1 Å². The Bertz CT molecular complexity index is 1190. The highest BCUT2D eigenvalue weighted by Gasteiger charge is 2.51. The average molecular weight is 453 g/mol. The fourth-order valence-electron chi connectivity index (χ4n) is 4.40. The predicted molar refractivity (Wildman–Crippen MR) is 123 cm³/mol. The van der Waals surface area contributed by atoms with E-state index in [1.807, 2.05) is 0 Å². The first kappa shape index (κ1) is 21.7. The van der Waals surface area contributed by atoms with Gasteiger partial charge in [-0.05, 0) is 55.5 Å². The van der Waals surface area contributed by atoms with Crippen molar-refractivity contribution in [2.45, 2.75) is 31.8 Å². The summed E-state index contributed by atoms with van der Waals surface area (Å²) in [6.45, 7) is 2.18. The van der Waals surface area contributed by atoms with Crippen LogP contribution in [-0.4, -0.2) is 51.8 Å². The Morgan fingerprint density at radius 3 is 2.61 bits per heavy atom. The van der Waals surface area contributed by atoms with E-state index in [2.05, 4.69) is 20.4 Å². The molecule has 2 aromatic carbocycles.